The van der Waals surface area contributed by atoms with Crippen LogP contribution < -0.4 is 5.32 Å². The van der Waals surface area contributed by atoms with Crippen LogP contribution in [0.25, 0.3) is 11.4 Å². The third-order valence-corrected chi connectivity index (χ3v) is 6.58. The molecule has 0 bridgehead atoms. The smallest absolute Gasteiger partial charge is 0.412 e. The highest BCUT2D eigenvalue weighted by Crippen LogP contribution is 2.48. The largest absolute Gasteiger partial charge is 0.480 e. The zero-order chi connectivity index (χ0) is 24.7. The first-order valence-corrected chi connectivity index (χ1v) is 11.6. The van der Waals surface area contributed by atoms with Crippen molar-refractivity contribution in [2.75, 3.05) is 5.32 Å². The van der Waals surface area contributed by atoms with E-state index in [0.717, 1.165) is 16.0 Å². The third-order valence-electron chi connectivity index (χ3n) is 5.83. The molecule has 4 aromatic rings. The third kappa shape index (κ3) is 4.24. The molecule has 0 spiro atoms. The second-order valence-corrected chi connectivity index (χ2v) is 9.26. The first kappa shape index (κ1) is 22.6. The molecule has 1 unspecified atom stereocenters. The molecule has 3 aromatic heterocycles. The molecule has 0 aliphatic heterocycles. The van der Waals surface area contributed by atoms with Crippen molar-refractivity contribution in [3.63, 3.8) is 0 Å². The Labute approximate surface area is 203 Å². The lowest BCUT2D eigenvalue weighted by Crippen LogP contribution is -2.19. The normalized spacial score (nSPS) is 14.7. The molecule has 178 valence electrons. The van der Waals surface area contributed by atoms with Gasteiger partial charge in [-0.1, -0.05) is 24.3 Å². The Bertz CT molecular complexity index is 1490. The molecule has 1 amide bonds. The van der Waals surface area contributed by atoms with E-state index in [1.807, 2.05) is 38.1 Å². The maximum Gasteiger partial charge on any atom is 0.412 e. The topological polar surface area (TPSA) is 141 Å². The zero-order valence-electron chi connectivity index (χ0n) is 19.0. The highest BCUT2D eigenvalue weighted by molar-refractivity contribution is 7.06. The molecule has 5 rings (SSSR count). The standard InChI is InChI=1S/C24H20N4O6S/c1-12-6-4-5-7-15(12)13(2)32-23(31)26-18-14(3)35-28-16(18)8-9-17-25-19-20(33-17)34-21(27-19)24(10-11-24)22(29)30/h4-7,13H,10-11H2,1-3H3,(H,26,31)(H,29,30). The molecule has 11 heteroatoms. The van der Waals surface area contributed by atoms with Gasteiger partial charge in [-0.3, -0.25) is 10.1 Å². The van der Waals surface area contributed by atoms with Crippen molar-refractivity contribution < 1.29 is 28.3 Å². The van der Waals surface area contributed by atoms with E-state index in [-0.39, 0.29) is 23.2 Å². The van der Waals surface area contributed by atoms with Gasteiger partial charge in [-0.25, -0.2) is 4.79 Å². The van der Waals surface area contributed by atoms with E-state index < -0.39 is 23.6 Å². The number of hydrogen-bond acceptors (Lipinski definition) is 9. The molecule has 1 fully saturated rings. The van der Waals surface area contributed by atoms with Crippen LogP contribution in [0.5, 0.6) is 0 Å². The second-order valence-electron chi connectivity index (χ2n) is 8.28. The van der Waals surface area contributed by atoms with E-state index in [2.05, 4.69) is 31.5 Å². The van der Waals surface area contributed by atoms with Gasteiger partial charge in [0.25, 0.3) is 5.89 Å². The fourth-order valence-electron chi connectivity index (χ4n) is 3.66. The van der Waals surface area contributed by atoms with Crippen LogP contribution in [-0.2, 0) is 14.9 Å². The first-order valence-electron chi connectivity index (χ1n) is 10.8. The number of aryl methyl sites for hydroxylation is 2. The molecular weight excluding hydrogens is 472 g/mol. The molecule has 10 nitrogen and oxygen atoms in total. The maximum absolute atomic E-state index is 12.5. The van der Waals surface area contributed by atoms with Crippen LogP contribution in [0, 0.1) is 25.7 Å². The Morgan fingerprint density at radius 3 is 2.66 bits per heavy atom. The number of oxazole rings is 2. The predicted octanol–water partition coefficient (Wildman–Crippen LogP) is 4.71. The lowest BCUT2D eigenvalue weighted by atomic mass is 10.1. The molecule has 1 aromatic carbocycles. The van der Waals surface area contributed by atoms with Gasteiger partial charge >= 0.3 is 17.8 Å². The zero-order valence-corrected chi connectivity index (χ0v) is 19.9. The number of anilines is 1. The van der Waals surface area contributed by atoms with Crippen molar-refractivity contribution in [2.45, 2.75) is 45.1 Å². The van der Waals surface area contributed by atoms with Crippen LogP contribution in [0.15, 0.2) is 33.1 Å². The van der Waals surface area contributed by atoms with E-state index >= 15 is 0 Å². The number of fused-ring (bicyclic) bond motifs is 1. The minimum Gasteiger partial charge on any atom is -0.480 e. The minimum absolute atomic E-state index is 0.0124. The Morgan fingerprint density at radius 1 is 1.20 bits per heavy atom. The molecule has 35 heavy (non-hydrogen) atoms. The predicted molar refractivity (Wildman–Crippen MR) is 125 cm³/mol. The summed E-state index contributed by atoms with van der Waals surface area (Å²) in [4.78, 5) is 33.0. The summed E-state index contributed by atoms with van der Waals surface area (Å²) in [6.45, 7) is 5.57. The summed E-state index contributed by atoms with van der Waals surface area (Å²) in [5.74, 6) is 4.73. The van der Waals surface area contributed by atoms with Gasteiger partial charge in [0.2, 0.25) is 11.5 Å². The van der Waals surface area contributed by atoms with Crippen molar-refractivity contribution >= 4 is 40.7 Å². The first-order chi connectivity index (χ1) is 16.8. The molecule has 0 radical (unpaired) electrons. The second kappa shape index (κ2) is 8.56. The number of hydrogen-bond donors (Lipinski definition) is 2. The number of nitrogens with zero attached hydrogens (tertiary/aromatic N) is 3. The van der Waals surface area contributed by atoms with Gasteiger partial charge in [-0.05, 0) is 62.2 Å². The fraction of sp³-hybridized carbons (Fsp3) is 0.292. The molecule has 1 atom stereocenters. The van der Waals surface area contributed by atoms with E-state index in [1.165, 1.54) is 11.5 Å². The fourth-order valence-corrected chi connectivity index (χ4v) is 4.26. The van der Waals surface area contributed by atoms with Crippen LogP contribution in [-0.4, -0.2) is 31.5 Å². The number of rotatable bonds is 5. The summed E-state index contributed by atoms with van der Waals surface area (Å²) < 4.78 is 20.8. The number of carboxylic acids is 1. The van der Waals surface area contributed by atoms with Crippen molar-refractivity contribution in [1.29, 1.82) is 0 Å². The number of aliphatic carboxylic acids is 1. The average Bonchev–Trinajstić information content (AvgIpc) is 3.25. The maximum atomic E-state index is 12.5. The van der Waals surface area contributed by atoms with Gasteiger partial charge in [0, 0.05) is 10.8 Å². The molecule has 2 N–H and O–H groups in total. The highest BCUT2D eigenvalue weighted by atomic mass is 32.1. The molecule has 1 saturated carbocycles. The summed E-state index contributed by atoms with van der Waals surface area (Å²) in [6.07, 6.45) is -0.134. The van der Waals surface area contributed by atoms with Gasteiger partial charge in [0.15, 0.2) is 5.69 Å². The molecule has 1 aliphatic rings. The van der Waals surface area contributed by atoms with Crippen LogP contribution >= 0.6 is 11.5 Å². The number of carboxylic acid groups (broad SMARTS) is 1. The van der Waals surface area contributed by atoms with Crippen LogP contribution in [0.2, 0.25) is 0 Å². The monoisotopic (exact) mass is 492 g/mol. The Hall–Kier alpha value is -4.17. The van der Waals surface area contributed by atoms with Gasteiger partial charge in [-0.2, -0.15) is 14.3 Å². The van der Waals surface area contributed by atoms with Crippen molar-refractivity contribution in [3.8, 4) is 11.8 Å². The van der Waals surface area contributed by atoms with Gasteiger partial charge in [0.1, 0.15) is 11.5 Å². The van der Waals surface area contributed by atoms with E-state index in [9.17, 15) is 14.7 Å². The number of benzene rings is 1. The Balaban J connectivity index is 1.30. The summed E-state index contributed by atoms with van der Waals surface area (Å²) in [6, 6.07) is 7.70. The average molecular weight is 493 g/mol. The number of carbonyl (C=O) groups excluding carboxylic acids is 1. The van der Waals surface area contributed by atoms with E-state index in [4.69, 9.17) is 13.6 Å². The number of carbonyl (C=O) groups is 2. The molecule has 3 heterocycles. The van der Waals surface area contributed by atoms with Gasteiger partial charge < -0.3 is 18.7 Å². The summed E-state index contributed by atoms with van der Waals surface area (Å²) in [5, 5.41) is 12.1. The van der Waals surface area contributed by atoms with Crippen molar-refractivity contribution in [3.05, 3.63) is 57.7 Å². The SMILES string of the molecule is Cc1ccccc1C(C)OC(=O)Nc1c(C#Cc2nc3nc(C4(C(=O)O)CC4)oc3o2)nsc1C. The minimum atomic E-state index is -1.08. The summed E-state index contributed by atoms with van der Waals surface area (Å²) in [5.41, 5.74) is 1.79. The van der Waals surface area contributed by atoms with Gasteiger partial charge in [-0.15, -0.1) is 0 Å². The lowest BCUT2D eigenvalue weighted by molar-refractivity contribution is -0.140. The van der Waals surface area contributed by atoms with Crippen molar-refractivity contribution in [2.24, 2.45) is 0 Å². The number of aromatic nitrogens is 3. The summed E-state index contributed by atoms with van der Waals surface area (Å²) >= 11 is 1.19. The van der Waals surface area contributed by atoms with E-state index in [0.29, 0.717) is 24.2 Å². The Kier molecular flexibility index (Phi) is 5.53. The summed E-state index contributed by atoms with van der Waals surface area (Å²) in [7, 11) is 0. The molecule has 0 saturated heterocycles. The Morgan fingerprint density at radius 2 is 1.97 bits per heavy atom. The van der Waals surface area contributed by atoms with E-state index in [1.54, 1.807) is 6.92 Å². The number of ether oxygens (including phenoxy) is 1. The van der Waals surface area contributed by atoms with Crippen LogP contribution in [0.4, 0.5) is 10.5 Å². The van der Waals surface area contributed by atoms with Gasteiger partial charge in [0.05, 0.1) is 5.69 Å². The lowest BCUT2D eigenvalue weighted by Gasteiger charge is -2.16. The highest BCUT2D eigenvalue weighted by Gasteiger charge is 2.56. The van der Waals surface area contributed by atoms with Crippen molar-refractivity contribution in [1.82, 2.24) is 14.3 Å². The molecular formula is C24H20N4O6S. The molecule has 1 aliphatic carbocycles. The van der Waals surface area contributed by atoms with Crippen LogP contribution in [0.3, 0.4) is 0 Å². The number of nitrogens with one attached hydrogen (secondary N) is 1. The van der Waals surface area contributed by atoms with Crippen LogP contribution in [0.1, 0.15) is 59.3 Å². The number of amides is 1. The quantitative estimate of drug-likeness (QED) is 0.379.